The van der Waals surface area contributed by atoms with Gasteiger partial charge >= 0.3 is 0 Å². The molecule has 1 aliphatic heterocycles. The molecule has 1 aliphatic carbocycles. The van der Waals surface area contributed by atoms with Crippen molar-refractivity contribution in [3.63, 3.8) is 0 Å². The maximum Gasteiger partial charge on any atom is 0.0561 e. The highest BCUT2D eigenvalue weighted by atomic mass is 16.5. The second-order valence-electron chi connectivity index (χ2n) is 5.98. The van der Waals surface area contributed by atoms with Gasteiger partial charge in [0, 0.05) is 18.7 Å². The molecular weight excluding hydrogens is 198 g/mol. The molecule has 0 aromatic rings. The molecule has 16 heavy (non-hydrogen) atoms. The molecule has 2 rings (SSSR count). The molecule has 0 bridgehead atoms. The van der Waals surface area contributed by atoms with Crippen molar-refractivity contribution in [2.75, 3.05) is 6.61 Å². The van der Waals surface area contributed by atoms with Gasteiger partial charge in [-0.25, -0.2) is 0 Å². The molecule has 1 saturated carbocycles. The summed E-state index contributed by atoms with van der Waals surface area (Å²) in [5.41, 5.74) is 0. The van der Waals surface area contributed by atoms with E-state index in [-0.39, 0.29) is 0 Å². The molecule has 0 aromatic carbocycles. The minimum Gasteiger partial charge on any atom is -0.378 e. The molecular formula is C14H27NO. The predicted molar refractivity (Wildman–Crippen MR) is 67.5 cm³/mol. The summed E-state index contributed by atoms with van der Waals surface area (Å²) >= 11 is 0. The molecule has 1 heterocycles. The van der Waals surface area contributed by atoms with Crippen molar-refractivity contribution >= 4 is 0 Å². The zero-order valence-electron chi connectivity index (χ0n) is 11.0. The van der Waals surface area contributed by atoms with Crippen LogP contribution in [0.3, 0.4) is 0 Å². The summed E-state index contributed by atoms with van der Waals surface area (Å²) in [5.74, 6) is 1.70. The maximum absolute atomic E-state index is 5.61. The molecule has 0 aromatic heterocycles. The van der Waals surface area contributed by atoms with Crippen LogP contribution in [0, 0.1) is 11.8 Å². The first-order valence-corrected chi connectivity index (χ1v) is 7.04. The van der Waals surface area contributed by atoms with Crippen LogP contribution in [0.2, 0.25) is 0 Å². The zero-order chi connectivity index (χ0) is 11.5. The van der Waals surface area contributed by atoms with Crippen molar-refractivity contribution in [3.8, 4) is 0 Å². The van der Waals surface area contributed by atoms with E-state index in [0.29, 0.717) is 12.1 Å². The molecule has 1 saturated heterocycles. The van der Waals surface area contributed by atoms with Gasteiger partial charge in [-0.05, 0) is 44.4 Å². The fourth-order valence-electron chi connectivity index (χ4n) is 3.43. The largest absolute Gasteiger partial charge is 0.378 e. The summed E-state index contributed by atoms with van der Waals surface area (Å²) in [6.07, 6.45) is 7.06. The predicted octanol–water partition coefficient (Wildman–Crippen LogP) is 2.97. The Morgan fingerprint density at radius 1 is 1.00 bits per heavy atom. The van der Waals surface area contributed by atoms with Crippen molar-refractivity contribution in [1.29, 1.82) is 0 Å². The Bertz CT molecular complexity index is 209. The Labute approximate surface area is 100 Å². The van der Waals surface area contributed by atoms with Crippen LogP contribution in [0.1, 0.15) is 52.9 Å². The van der Waals surface area contributed by atoms with Crippen molar-refractivity contribution in [2.24, 2.45) is 11.8 Å². The van der Waals surface area contributed by atoms with E-state index in [1.807, 2.05) is 0 Å². The lowest BCUT2D eigenvalue weighted by Gasteiger charge is -2.39. The summed E-state index contributed by atoms with van der Waals surface area (Å²) in [6.45, 7) is 7.96. The van der Waals surface area contributed by atoms with Gasteiger partial charge in [-0.2, -0.15) is 0 Å². The van der Waals surface area contributed by atoms with Crippen LogP contribution in [-0.2, 0) is 4.74 Å². The number of hydrogen-bond donors (Lipinski definition) is 1. The standard InChI is InChI=1S/C14H27NO/c1-10-5-4-6-11(2)14(10)15-13-7-8-16-12(3)9-13/h10-15H,4-9H2,1-3H3. The Hall–Kier alpha value is -0.0800. The fourth-order valence-corrected chi connectivity index (χ4v) is 3.43. The van der Waals surface area contributed by atoms with E-state index in [1.165, 1.54) is 32.1 Å². The van der Waals surface area contributed by atoms with Crippen molar-refractivity contribution in [3.05, 3.63) is 0 Å². The molecule has 94 valence electrons. The highest BCUT2D eigenvalue weighted by Crippen LogP contribution is 2.30. The molecule has 2 fully saturated rings. The van der Waals surface area contributed by atoms with Gasteiger partial charge in [0.1, 0.15) is 0 Å². The second-order valence-corrected chi connectivity index (χ2v) is 5.98. The highest BCUT2D eigenvalue weighted by Gasteiger charge is 2.30. The number of hydrogen-bond acceptors (Lipinski definition) is 2. The summed E-state index contributed by atoms with van der Waals surface area (Å²) in [5, 5.41) is 3.91. The van der Waals surface area contributed by atoms with Crippen molar-refractivity contribution in [1.82, 2.24) is 5.32 Å². The Morgan fingerprint density at radius 2 is 1.69 bits per heavy atom. The third kappa shape index (κ3) is 2.98. The van der Waals surface area contributed by atoms with Gasteiger partial charge < -0.3 is 10.1 Å². The third-order valence-corrected chi connectivity index (χ3v) is 4.46. The van der Waals surface area contributed by atoms with Crippen molar-refractivity contribution < 1.29 is 4.74 Å². The minimum atomic E-state index is 0.445. The van der Waals surface area contributed by atoms with Crippen LogP contribution in [0.25, 0.3) is 0 Å². The van der Waals surface area contributed by atoms with Gasteiger partial charge in [0.2, 0.25) is 0 Å². The summed E-state index contributed by atoms with van der Waals surface area (Å²) in [4.78, 5) is 0. The van der Waals surface area contributed by atoms with E-state index in [2.05, 4.69) is 26.1 Å². The molecule has 0 spiro atoms. The molecule has 4 unspecified atom stereocenters. The summed E-state index contributed by atoms with van der Waals surface area (Å²) < 4.78 is 5.61. The minimum absolute atomic E-state index is 0.445. The molecule has 0 amide bonds. The first-order chi connectivity index (χ1) is 7.66. The molecule has 0 radical (unpaired) electrons. The second kappa shape index (κ2) is 5.50. The van der Waals surface area contributed by atoms with Gasteiger partial charge in [-0.3, -0.25) is 0 Å². The Morgan fingerprint density at radius 3 is 2.31 bits per heavy atom. The highest BCUT2D eigenvalue weighted by molar-refractivity contribution is 4.87. The smallest absolute Gasteiger partial charge is 0.0561 e. The topological polar surface area (TPSA) is 21.3 Å². The van der Waals surface area contributed by atoms with Gasteiger partial charge in [0.25, 0.3) is 0 Å². The van der Waals surface area contributed by atoms with Crippen LogP contribution in [-0.4, -0.2) is 24.8 Å². The lowest BCUT2D eigenvalue weighted by Crippen LogP contribution is -2.50. The Kier molecular flexibility index (Phi) is 4.26. The number of rotatable bonds is 2. The molecule has 2 nitrogen and oxygen atoms in total. The first-order valence-electron chi connectivity index (χ1n) is 7.04. The zero-order valence-corrected chi connectivity index (χ0v) is 11.0. The van der Waals surface area contributed by atoms with Gasteiger partial charge in [0.15, 0.2) is 0 Å². The lowest BCUT2D eigenvalue weighted by molar-refractivity contribution is 0.00644. The van der Waals surface area contributed by atoms with E-state index in [1.54, 1.807) is 0 Å². The summed E-state index contributed by atoms with van der Waals surface area (Å²) in [7, 11) is 0. The first kappa shape index (κ1) is 12.4. The normalized spacial score (nSPS) is 45.6. The van der Waals surface area contributed by atoms with Crippen LogP contribution >= 0.6 is 0 Å². The molecule has 2 heteroatoms. The SMILES string of the molecule is CC1CC(NC2C(C)CCCC2C)CCO1. The van der Waals surface area contributed by atoms with E-state index >= 15 is 0 Å². The van der Waals surface area contributed by atoms with Crippen LogP contribution in [0.15, 0.2) is 0 Å². The molecule has 4 atom stereocenters. The Balaban J connectivity index is 1.86. The van der Waals surface area contributed by atoms with Gasteiger partial charge in [-0.1, -0.05) is 20.3 Å². The lowest BCUT2D eigenvalue weighted by atomic mass is 9.78. The van der Waals surface area contributed by atoms with Crippen molar-refractivity contribution in [2.45, 2.75) is 71.1 Å². The van der Waals surface area contributed by atoms with E-state index in [9.17, 15) is 0 Å². The average Bonchev–Trinajstić information content (AvgIpc) is 2.24. The van der Waals surface area contributed by atoms with Gasteiger partial charge in [0.05, 0.1) is 6.10 Å². The number of ether oxygens (including phenoxy) is 1. The van der Waals surface area contributed by atoms with E-state index in [4.69, 9.17) is 4.74 Å². The van der Waals surface area contributed by atoms with E-state index < -0.39 is 0 Å². The van der Waals surface area contributed by atoms with Crippen LogP contribution < -0.4 is 5.32 Å². The molecule has 2 aliphatic rings. The molecule has 1 N–H and O–H groups in total. The van der Waals surface area contributed by atoms with Gasteiger partial charge in [-0.15, -0.1) is 0 Å². The van der Waals surface area contributed by atoms with Crippen LogP contribution in [0.4, 0.5) is 0 Å². The van der Waals surface area contributed by atoms with E-state index in [0.717, 1.165) is 24.5 Å². The quantitative estimate of drug-likeness (QED) is 0.780. The monoisotopic (exact) mass is 225 g/mol. The maximum atomic E-state index is 5.61. The van der Waals surface area contributed by atoms with Crippen LogP contribution in [0.5, 0.6) is 0 Å². The summed E-state index contributed by atoms with van der Waals surface area (Å²) in [6, 6.07) is 1.43. The average molecular weight is 225 g/mol. The fraction of sp³-hybridized carbons (Fsp3) is 1.00. The third-order valence-electron chi connectivity index (χ3n) is 4.46. The number of nitrogens with one attached hydrogen (secondary N) is 1.